The topological polar surface area (TPSA) is 37.8 Å². The molecule has 1 rings (SSSR count). The summed E-state index contributed by atoms with van der Waals surface area (Å²) < 4.78 is 0. The molecule has 1 aromatic heterocycles. The van der Waals surface area contributed by atoms with Crippen molar-refractivity contribution in [3.8, 4) is 0 Å². The van der Waals surface area contributed by atoms with E-state index in [1.54, 1.807) is 0 Å². The quantitative estimate of drug-likeness (QED) is 0.810. The lowest BCUT2D eigenvalue weighted by atomic mass is 10.2. The van der Waals surface area contributed by atoms with Crippen molar-refractivity contribution >= 4 is 17.7 Å². The molecule has 1 N–H and O–H groups in total. The molecule has 0 saturated carbocycles. The molecule has 0 amide bonds. The molecule has 1 aromatic rings. The number of aromatic nitrogens is 2. The number of rotatable bonds is 5. The highest BCUT2D eigenvalue weighted by Gasteiger charge is 2.01. The number of nitrogens with one attached hydrogen (secondary N) is 1. The summed E-state index contributed by atoms with van der Waals surface area (Å²) in [6.45, 7) is 5.14. The Labute approximate surface area is 89.7 Å². The van der Waals surface area contributed by atoms with E-state index in [9.17, 15) is 0 Å². The van der Waals surface area contributed by atoms with Crippen molar-refractivity contribution in [2.24, 2.45) is 5.92 Å². The van der Waals surface area contributed by atoms with Crippen LogP contribution in [0.2, 0.25) is 0 Å². The lowest BCUT2D eigenvalue weighted by Gasteiger charge is -2.10. The molecule has 0 radical (unpaired) electrons. The predicted molar refractivity (Wildman–Crippen MR) is 62.8 cm³/mol. The van der Waals surface area contributed by atoms with E-state index in [1.165, 1.54) is 5.75 Å². The molecule has 78 valence electrons. The fourth-order valence-electron chi connectivity index (χ4n) is 1.09. The van der Waals surface area contributed by atoms with Gasteiger partial charge < -0.3 is 5.32 Å². The standard InChI is InChI=1S/C10H17N3S/c1-8-4-11-10(12-5-8)13-6-9(2)7-14-3/h4-5,9H,6-7H2,1-3H3,(H,11,12,13). The molecule has 14 heavy (non-hydrogen) atoms. The van der Waals surface area contributed by atoms with Gasteiger partial charge in [-0.2, -0.15) is 11.8 Å². The molecule has 0 saturated heterocycles. The van der Waals surface area contributed by atoms with Crippen molar-refractivity contribution < 1.29 is 0 Å². The smallest absolute Gasteiger partial charge is 0.222 e. The van der Waals surface area contributed by atoms with Crippen molar-refractivity contribution in [3.63, 3.8) is 0 Å². The third-order valence-electron chi connectivity index (χ3n) is 1.84. The Balaban J connectivity index is 2.34. The SMILES string of the molecule is CSCC(C)CNc1ncc(C)cn1. The van der Waals surface area contributed by atoms with Crippen molar-refractivity contribution in [2.75, 3.05) is 23.9 Å². The normalized spacial score (nSPS) is 12.5. The predicted octanol–water partition coefficient (Wildman–Crippen LogP) is 2.20. The van der Waals surface area contributed by atoms with Crippen LogP contribution in [0.4, 0.5) is 5.95 Å². The molecule has 0 aliphatic heterocycles. The molecular weight excluding hydrogens is 194 g/mol. The number of aryl methyl sites for hydroxylation is 1. The zero-order valence-corrected chi connectivity index (χ0v) is 9.77. The van der Waals surface area contributed by atoms with Gasteiger partial charge in [-0.05, 0) is 30.4 Å². The minimum atomic E-state index is 0.648. The maximum atomic E-state index is 4.18. The summed E-state index contributed by atoms with van der Waals surface area (Å²) in [7, 11) is 0. The van der Waals surface area contributed by atoms with E-state index in [1.807, 2.05) is 31.1 Å². The van der Waals surface area contributed by atoms with Crippen LogP contribution in [0.15, 0.2) is 12.4 Å². The Morgan fingerprint density at radius 1 is 1.43 bits per heavy atom. The van der Waals surface area contributed by atoms with Crippen LogP contribution in [0.3, 0.4) is 0 Å². The molecule has 1 atom stereocenters. The molecule has 4 heteroatoms. The highest BCUT2D eigenvalue weighted by molar-refractivity contribution is 7.98. The Morgan fingerprint density at radius 2 is 2.07 bits per heavy atom. The van der Waals surface area contributed by atoms with Crippen LogP contribution in [-0.2, 0) is 0 Å². The summed E-state index contributed by atoms with van der Waals surface area (Å²) >= 11 is 1.87. The summed E-state index contributed by atoms with van der Waals surface area (Å²) in [6.07, 6.45) is 5.78. The van der Waals surface area contributed by atoms with Gasteiger partial charge in [0.25, 0.3) is 0 Å². The Bertz CT molecular complexity index is 261. The van der Waals surface area contributed by atoms with Gasteiger partial charge in [0.05, 0.1) is 0 Å². The van der Waals surface area contributed by atoms with Gasteiger partial charge in [-0.3, -0.25) is 0 Å². The lowest BCUT2D eigenvalue weighted by molar-refractivity contribution is 0.697. The summed E-state index contributed by atoms with van der Waals surface area (Å²) in [4.78, 5) is 8.36. The number of hydrogen-bond acceptors (Lipinski definition) is 4. The van der Waals surface area contributed by atoms with Gasteiger partial charge in [-0.1, -0.05) is 6.92 Å². The second-order valence-electron chi connectivity index (χ2n) is 3.53. The van der Waals surface area contributed by atoms with Crippen molar-refractivity contribution in [1.29, 1.82) is 0 Å². The molecular formula is C10H17N3S. The van der Waals surface area contributed by atoms with Gasteiger partial charge in [-0.25, -0.2) is 9.97 Å². The highest BCUT2D eigenvalue weighted by atomic mass is 32.2. The first-order valence-corrected chi connectivity index (χ1v) is 6.13. The zero-order chi connectivity index (χ0) is 10.4. The molecule has 0 bridgehead atoms. The monoisotopic (exact) mass is 211 g/mol. The second kappa shape index (κ2) is 5.86. The molecule has 1 heterocycles. The minimum absolute atomic E-state index is 0.648. The maximum absolute atomic E-state index is 4.18. The molecule has 0 fully saturated rings. The number of hydrogen-bond donors (Lipinski definition) is 1. The molecule has 0 aliphatic carbocycles. The van der Waals surface area contributed by atoms with E-state index < -0.39 is 0 Å². The molecule has 0 aromatic carbocycles. The maximum Gasteiger partial charge on any atom is 0.222 e. The van der Waals surface area contributed by atoms with Gasteiger partial charge in [0.1, 0.15) is 0 Å². The van der Waals surface area contributed by atoms with Crippen LogP contribution >= 0.6 is 11.8 Å². The molecule has 1 unspecified atom stereocenters. The van der Waals surface area contributed by atoms with E-state index in [0.29, 0.717) is 5.92 Å². The summed E-state index contributed by atoms with van der Waals surface area (Å²) in [6, 6.07) is 0. The first kappa shape index (κ1) is 11.3. The first-order valence-electron chi connectivity index (χ1n) is 4.74. The van der Waals surface area contributed by atoms with E-state index in [-0.39, 0.29) is 0 Å². The van der Waals surface area contributed by atoms with Crippen LogP contribution < -0.4 is 5.32 Å². The van der Waals surface area contributed by atoms with Crippen molar-refractivity contribution in [1.82, 2.24) is 9.97 Å². The van der Waals surface area contributed by atoms with Crippen molar-refractivity contribution in [2.45, 2.75) is 13.8 Å². The van der Waals surface area contributed by atoms with Gasteiger partial charge in [-0.15, -0.1) is 0 Å². The van der Waals surface area contributed by atoms with Crippen LogP contribution in [0.5, 0.6) is 0 Å². The average Bonchev–Trinajstić information content (AvgIpc) is 2.17. The van der Waals surface area contributed by atoms with Crippen molar-refractivity contribution in [3.05, 3.63) is 18.0 Å². The Hall–Kier alpha value is -0.770. The molecule has 0 aliphatic rings. The van der Waals surface area contributed by atoms with Crippen LogP contribution in [0, 0.1) is 12.8 Å². The fraction of sp³-hybridized carbons (Fsp3) is 0.600. The third-order valence-corrected chi connectivity index (χ3v) is 2.74. The number of anilines is 1. The van der Waals surface area contributed by atoms with Crippen LogP contribution in [0.1, 0.15) is 12.5 Å². The second-order valence-corrected chi connectivity index (χ2v) is 4.44. The summed E-state index contributed by atoms with van der Waals surface area (Å²) in [5, 5.41) is 3.22. The largest absolute Gasteiger partial charge is 0.354 e. The minimum Gasteiger partial charge on any atom is -0.354 e. The van der Waals surface area contributed by atoms with Crippen LogP contribution in [0.25, 0.3) is 0 Å². The molecule has 0 spiro atoms. The average molecular weight is 211 g/mol. The van der Waals surface area contributed by atoms with E-state index in [4.69, 9.17) is 0 Å². The van der Waals surface area contributed by atoms with Crippen LogP contribution in [-0.4, -0.2) is 28.5 Å². The van der Waals surface area contributed by atoms with Gasteiger partial charge >= 0.3 is 0 Å². The number of thioether (sulfide) groups is 1. The zero-order valence-electron chi connectivity index (χ0n) is 8.95. The highest BCUT2D eigenvalue weighted by Crippen LogP contribution is 2.05. The van der Waals surface area contributed by atoms with E-state index in [2.05, 4.69) is 28.5 Å². The van der Waals surface area contributed by atoms with E-state index >= 15 is 0 Å². The number of nitrogens with zero attached hydrogens (tertiary/aromatic N) is 2. The first-order chi connectivity index (χ1) is 6.72. The fourth-order valence-corrected chi connectivity index (χ4v) is 1.78. The third kappa shape index (κ3) is 3.96. The summed E-state index contributed by atoms with van der Waals surface area (Å²) in [5.41, 5.74) is 1.09. The molecule has 3 nitrogen and oxygen atoms in total. The Kier molecular flexibility index (Phi) is 4.73. The van der Waals surface area contributed by atoms with Gasteiger partial charge in [0, 0.05) is 18.9 Å². The lowest BCUT2D eigenvalue weighted by Crippen LogP contribution is -2.14. The van der Waals surface area contributed by atoms with Gasteiger partial charge in [0.2, 0.25) is 5.95 Å². The Morgan fingerprint density at radius 3 is 2.64 bits per heavy atom. The van der Waals surface area contributed by atoms with Gasteiger partial charge in [0.15, 0.2) is 0 Å². The summed E-state index contributed by atoms with van der Waals surface area (Å²) in [5.74, 6) is 2.54. The van der Waals surface area contributed by atoms with E-state index in [0.717, 1.165) is 18.1 Å².